The van der Waals surface area contributed by atoms with Gasteiger partial charge in [-0.3, -0.25) is 14.9 Å². The Balaban J connectivity index is 1.69. The van der Waals surface area contributed by atoms with E-state index in [9.17, 15) is 19.8 Å². The van der Waals surface area contributed by atoms with Gasteiger partial charge in [0.05, 0.1) is 19.4 Å². The molecule has 160 valence electrons. The number of carbonyl (C=O) groups is 2. The number of aliphatic hydroxyl groups excluding tert-OH is 1. The number of aromatic hydroxyl groups is 1. The maximum atomic E-state index is 12.2. The number of hydrazone groups is 1. The van der Waals surface area contributed by atoms with Crippen molar-refractivity contribution in [3.63, 3.8) is 0 Å². The van der Waals surface area contributed by atoms with Gasteiger partial charge >= 0.3 is 0 Å². The zero-order chi connectivity index (χ0) is 21.8. The van der Waals surface area contributed by atoms with Gasteiger partial charge in [0.2, 0.25) is 11.8 Å². The van der Waals surface area contributed by atoms with Gasteiger partial charge in [-0.25, -0.2) is 0 Å². The second-order valence-electron chi connectivity index (χ2n) is 6.62. The highest BCUT2D eigenvalue weighted by Crippen LogP contribution is 2.09. The van der Waals surface area contributed by atoms with E-state index in [-0.39, 0.29) is 18.2 Å². The number of nitrogens with two attached hydrogens (primary N) is 1. The van der Waals surface area contributed by atoms with Crippen molar-refractivity contribution >= 4 is 18.0 Å². The molecule has 0 heterocycles. The first kappa shape index (κ1) is 22.9. The van der Waals surface area contributed by atoms with Crippen LogP contribution in [0, 0.1) is 0 Å². The highest BCUT2D eigenvalue weighted by atomic mass is 16.3. The lowest BCUT2D eigenvalue weighted by atomic mass is 10.1. The van der Waals surface area contributed by atoms with Crippen LogP contribution in [0.15, 0.2) is 53.6 Å². The van der Waals surface area contributed by atoms with Crippen molar-refractivity contribution in [1.29, 1.82) is 0 Å². The van der Waals surface area contributed by atoms with E-state index >= 15 is 0 Å². The van der Waals surface area contributed by atoms with Crippen LogP contribution in [-0.4, -0.2) is 54.0 Å². The van der Waals surface area contributed by atoms with Crippen LogP contribution < -0.4 is 21.8 Å². The van der Waals surface area contributed by atoms with Crippen LogP contribution in [-0.2, 0) is 22.6 Å². The molecule has 0 radical (unpaired) electrons. The Labute approximate surface area is 175 Å². The highest BCUT2D eigenvalue weighted by molar-refractivity contribution is 5.87. The molecule has 9 nitrogen and oxygen atoms in total. The molecule has 0 spiro atoms. The van der Waals surface area contributed by atoms with Crippen LogP contribution in [0.4, 0.5) is 0 Å². The van der Waals surface area contributed by atoms with Gasteiger partial charge in [0.1, 0.15) is 11.8 Å². The quantitative estimate of drug-likeness (QED) is 0.168. The third-order valence-corrected chi connectivity index (χ3v) is 4.35. The van der Waals surface area contributed by atoms with E-state index < -0.39 is 18.6 Å². The van der Waals surface area contributed by atoms with Crippen LogP contribution in [0.2, 0.25) is 0 Å². The second kappa shape index (κ2) is 12.2. The fourth-order valence-corrected chi connectivity index (χ4v) is 2.65. The molecule has 0 fully saturated rings. The number of hydrogen-bond donors (Lipinski definition) is 6. The predicted molar refractivity (Wildman–Crippen MR) is 114 cm³/mol. The van der Waals surface area contributed by atoms with E-state index in [0.717, 1.165) is 16.7 Å². The van der Waals surface area contributed by atoms with Crippen LogP contribution in [0.25, 0.3) is 0 Å². The number of nitrogens with zero attached hydrogens (tertiary/aromatic N) is 1. The van der Waals surface area contributed by atoms with Crippen molar-refractivity contribution in [2.24, 2.45) is 10.9 Å². The summed E-state index contributed by atoms with van der Waals surface area (Å²) in [5.41, 5.74) is 2.75. The number of aliphatic hydroxyl groups is 1. The Bertz CT molecular complexity index is 837. The molecule has 0 aromatic heterocycles. The first-order valence-corrected chi connectivity index (χ1v) is 9.50. The SMILES string of the molecule is NN=Cc1ccc(CNC(CO)C(=O)NCC(=O)NCCc2ccc(O)cc2)cc1. The summed E-state index contributed by atoms with van der Waals surface area (Å²) < 4.78 is 0. The van der Waals surface area contributed by atoms with E-state index in [2.05, 4.69) is 21.1 Å². The molecule has 7 N–H and O–H groups in total. The third-order valence-electron chi connectivity index (χ3n) is 4.35. The monoisotopic (exact) mass is 413 g/mol. The first-order chi connectivity index (χ1) is 14.5. The maximum absolute atomic E-state index is 12.2. The Hall–Kier alpha value is -3.43. The van der Waals surface area contributed by atoms with Crippen molar-refractivity contribution in [3.05, 3.63) is 65.2 Å². The zero-order valence-electron chi connectivity index (χ0n) is 16.5. The molecule has 0 aliphatic carbocycles. The number of nitrogens with one attached hydrogen (secondary N) is 3. The average molecular weight is 413 g/mol. The topological polar surface area (TPSA) is 149 Å². The Morgan fingerprint density at radius 2 is 1.70 bits per heavy atom. The van der Waals surface area contributed by atoms with E-state index in [4.69, 9.17) is 5.84 Å². The molecule has 30 heavy (non-hydrogen) atoms. The second-order valence-corrected chi connectivity index (χ2v) is 6.62. The lowest BCUT2D eigenvalue weighted by Gasteiger charge is -2.16. The number of carbonyl (C=O) groups excluding carboxylic acids is 2. The van der Waals surface area contributed by atoms with Crippen LogP contribution in [0.3, 0.4) is 0 Å². The molecule has 9 heteroatoms. The minimum Gasteiger partial charge on any atom is -0.508 e. The molecule has 1 atom stereocenters. The van der Waals surface area contributed by atoms with Gasteiger partial charge in [0.15, 0.2) is 0 Å². The number of amides is 2. The smallest absolute Gasteiger partial charge is 0.239 e. The average Bonchev–Trinajstić information content (AvgIpc) is 2.75. The molecule has 0 saturated heterocycles. The molecule has 0 saturated carbocycles. The standard InChI is InChI=1S/C21H27N5O4/c22-26-12-17-3-1-16(2-4-17)11-24-19(14-27)21(30)25-13-20(29)23-10-9-15-5-7-18(28)8-6-15/h1-8,12,19,24,27-28H,9-11,13-14,22H2,(H,23,29)(H,25,30). The predicted octanol–water partition coefficient (Wildman–Crippen LogP) is -0.390. The minimum atomic E-state index is -0.833. The molecule has 2 amide bonds. The Kier molecular flexibility index (Phi) is 9.29. The first-order valence-electron chi connectivity index (χ1n) is 9.50. The summed E-state index contributed by atoms with van der Waals surface area (Å²) in [6.07, 6.45) is 2.13. The Morgan fingerprint density at radius 1 is 1.03 bits per heavy atom. The molecule has 2 aromatic rings. The van der Waals surface area contributed by atoms with Crippen LogP contribution in [0.5, 0.6) is 5.75 Å². The molecular weight excluding hydrogens is 386 g/mol. The Morgan fingerprint density at radius 3 is 2.33 bits per heavy atom. The fraction of sp³-hybridized carbons (Fsp3) is 0.286. The molecule has 2 rings (SSSR count). The molecular formula is C21H27N5O4. The summed E-state index contributed by atoms with van der Waals surface area (Å²) in [5, 5.41) is 30.4. The van der Waals surface area contributed by atoms with Gasteiger partial charge < -0.3 is 26.7 Å². The third kappa shape index (κ3) is 7.90. The summed E-state index contributed by atoms with van der Waals surface area (Å²) in [4.78, 5) is 24.1. The van der Waals surface area contributed by atoms with Crippen LogP contribution >= 0.6 is 0 Å². The van der Waals surface area contributed by atoms with E-state index in [1.54, 1.807) is 24.3 Å². The summed E-state index contributed by atoms with van der Waals surface area (Å²) in [6, 6.07) is 13.3. The largest absolute Gasteiger partial charge is 0.508 e. The van der Waals surface area contributed by atoms with Gasteiger partial charge in [-0.05, 0) is 35.2 Å². The molecule has 1 unspecified atom stereocenters. The summed E-state index contributed by atoms with van der Waals surface area (Å²) >= 11 is 0. The van der Waals surface area contributed by atoms with E-state index in [1.807, 2.05) is 24.3 Å². The number of benzene rings is 2. The van der Waals surface area contributed by atoms with E-state index in [0.29, 0.717) is 19.5 Å². The van der Waals surface area contributed by atoms with Crippen LogP contribution in [0.1, 0.15) is 16.7 Å². The highest BCUT2D eigenvalue weighted by Gasteiger charge is 2.17. The number of phenolic OH excluding ortho intramolecular Hbond substituents is 1. The van der Waals surface area contributed by atoms with E-state index in [1.165, 1.54) is 6.21 Å². The lowest BCUT2D eigenvalue weighted by Crippen LogP contribution is -2.48. The number of phenols is 1. The summed E-state index contributed by atoms with van der Waals surface area (Å²) in [7, 11) is 0. The van der Waals surface area contributed by atoms with Crippen molar-refractivity contribution in [3.8, 4) is 5.75 Å². The van der Waals surface area contributed by atoms with Crippen molar-refractivity contribution < 1.29 is 19.8 Å². The van der Waals surface area contributed by atoms with Gasteiger partial charge in [-0.1, -0.05) is 36.4 Å². The van der Waals surface area contributed by atoms with Crippen molar-refractivity contribution in [1.82, 2.24) is 16.0 Å². The fourth-order valence-electron chi connectivity index (χ4n) is 2.65. The summed E-state index contributed by atoms with van der Waals surface area (Å²) in [5.74, 6) is 4.51. The normalized spacial score (nSPS) is 11.9. The molecule has 0 aliphatic rings. The van der Waals surface area contributed by atoms with Gasteiger partial charge in [-0.15, -0.1) is 0 Å². The number of rotatable bonds is 11. The molecule has 0 bridgehead atoms. The van der Waals surface area contributed by atoms with Gasteiger partial charge in [0.25, 0.3) is 0 Å². The molecule has 2 aromatic carbocycles. The maximum Gasteiger partial charge on any atom is 0.239 e. The van der Waals surface area contributed by atoms with Crippen molar-refractivity contribution in [2.45, 2.75) is 19.0 Å². The minimum absolute atomic E-state index is 0.181. The zero-order valence-corrected chi connectivity index (χ0v) is 16.5. The van der Waals surface area contributed by atoms with Gasteiger partial charge in [0, 0.05) is 13.1 Å². The molecule has 0 aliphatic heterocycles. The van der Waals surface area contributed by atoms with Crippen molar-refractivity contribution in [2.75, 3.05) is 19.7 Å². The lowest BCUT2D eigenvalue weighted by molar-refractivity contribution is -0.128. The van der Waals surface area contributed by atoms with Gasteiger partial charge in [-0.2, -0.15) is 5.10 Å². The number of hydrogen-bond acceptors (Lipinski definition) is 7. The summed E-state index contributed by atoms with van der Waals surface area (Å²) in [6.45, 7) is 0.204.